The van der Waals surface area contributed by atoms with Crippen molar-refractivity contribution in [1.82, 2.24) is 20.3 Å². The Bertz CT molecular complexity index is 863. The molecule has 0 saturated carbocycles. The Morgan fingerprint density at radius 2 is 2.08 bits per heavy atom. The van der Waals surface area contributed by atoms with Gasteiger partial charge in [0.05, 0.1) is 5.25 Å². The average Bonchev–Trinajstić information content (AvgIpc) is 3.33. The maximum absolute atomic E-state index is 5.71. The highest BCUT2D eigenvalue weighted by Crippen LogP contribution is 2.37. The number of fused-ring (bicyclic) bond motifs is 1. The summed E-state index contributed by atoms with van der Waals surface area (Å²) in [5, 5.41) is 12.4. The topological polar surface area (TPSA) is 96.3 Å². The lowest BCUT2D eigenvalue weighted by Crippen LogP contribution is -1.92. The van der Waals surface area contributed by atoms with Crippen molar-refractivity contribution in [3.63, 3.8) is 0 Å². The molecule has 0 aliphatic carbocycles. The lowest BCUT2D eigenvalue weighted by Gasteiger charge is -2.01. The van der Waals surface area contributed by atoms with E-state index in [2.05, 4.69) is 20.3 Å². The fourth-order valence-electron chi connectivity index (χ4n) is 2.18. The Hall–Kier alpha value is -2.55. The zero-order valence-electron chi connectivity index (χ0n) is 13.1. The summed E-state index contributed by atoms with van der Waals surface area (Å²) >= 11 is 1.37. The van der Waals surface area contributed by atoms with Crippen LogP contribution in [-0.4, -0.2) is 27.1 Å². The fourth-order valence-corrected chi connectivity index (χ4v) is 2.90. The molecular formula is C15H14N4O4S. The number of hydrogen-bond acceptors (Lipinski definition) is 9. The van der Waals surface area contributed by atoms with Gasteiger partial charge in [0.25, 0.3) is 5.22 Å². The van der Waals surface area contributed by atoms with Crippen LogP contribution in [0.4, 0.5) is 0 Å². The maximum Gasteiger partial charge on any atom is 0.277 e. The van der Waals surface area contributed by atoms with Gasteiger partial charge in [0.1, 0.15) is 0 Å². The maximum atomic E-state index is 5.71. The van der Waals surface area contributed by atoms with Crippen molar-refractivity contribution in [3.8, 4) is 23.0 Å². The molecule has 24 heavy (non-hydrogen) atoms. The number of hydrogen-bond donors (Lipinski definition) is 0. The van der Waals surface area contributed by atoms with Crippen molar-refractivity contribution in [2.24, 2.45) is 0 Å². The van der Waals surface area contributed by atoms with E-state index in [1.165, 1.54) is 11.8 Å². The van der Waals surface area contributed by atoms with Crippen LogP contribution in [0.5, 0.6) is 11.5 Å². The van der Waals surface area contributed by atoms with Crippen molar-refractivity contribution < 1.29 is 18.4 Å². The average molecular weight is 346 g/mol. The summed E-state index contributed by atoms with van der Waals surface area (Å²) in [6, 6.07) is 5.49. The number of ether oxygens (including phenoxy) is 2. The largest absolute Gasteiger partial charge is 0.454 e. The van der Waals surface area contributed by atoms with E-state index < -0.39 is 0 Å². The monoisotopic (exact) mass is 346 g/mol. The molecule has 0 spiro atoms. The zero-order valence-corrected chi connectivity index (χ0v) is 13.9. The molecule has 0 N–H and O–H groups in total. The summed E-state index contributed by atoms with van der Waals surface area (Å²) in [4.78, 5) is 4.31. The number of benzene rings is 1. The van der Waals surface area contributed by atoms with E-state index in [-0.39, 0.29) is 12.0 Å². The van der Waals surface area contributed by atoms with Crippen LogP contribution in [0, 0.1) is 0 Å². The summed E-state index contributed by atoms with van der Waals surface area (Å²) in [5.41, 5.74) is 0.775. The van der Waals surface area contributed by atoms with Crippen LogP contribution in [0.2, 0.25) is 0 Å². The molecule has 3 heterocycles. The van der Waals surface area contributed by atoms with Crippen molar-refractivity contribution in [3.05, 3.63) is 29.9 Å². The third-order valence-electron chi connectivity index (χ3n) is 3.45. The standard InChI is InChI=1S/C15H14N4O4S/c1-3-12-16-13(23-19-12)8(2)24-15-18-17-14(22-15)9-4-5-10-11(6-9)21-7-20-10/h4-6,8H,3,7H2,1-2H3/t8-/m0/s1. The first-order chi connectivity index (χ1) is 11.7. The minimum atomic E-state index is -0.0807. The highest BCUT2D eigenvalue weighted by molar-refractivity contribution is 7.99. The molecule has 0 amide bonds. The van der Waals surface area contributed by atoms with Crippen LogP contribution in [-0.2, 0) is 6.42 Å². The molecule has 124 valence electrons. The lowest BCUT2D eigenvalue weighted by molar-refractivity contribution is 0.174. The van der Waals surface area contributed by atoms with E-state index in [1.807, 2.05) is 32.0 Å². The first kappa shape index (κ1) is 15.0. The predicted molar refractivity (Wildman–Crippen MR) is 83.8 cm³/mol. The lowest BCUT2D eigenvalue weighted by atomic mass is 10.2. The van der Waals surface area contributed by atoms with Crippen molar-refractivity contribution >= 4 is 11.8 Å². The SMILES string of the molecule is CCc1noc([C@H](C)Sc2nnc(-c3ccc4c(c3)OCO4)o2)n1. The van der Waals surface area contributed by atoms with Gasteiger partial charge in [0.2, 0.25) is 18.6 Å². The molecular weight excluding hydrogens is 332 g/mol. The molecule has 0 unspecified atom stereocenters. The Morgan fingerprint density at radius 1 is 1.21 bits per heavy atom. The Morgan fingerprint density at radius 3 is 2.92 bits per heavy atom. The Balaban J connectivity index is 1.50. The van der Waals surface area contributed by atoms with E-state index in [4.69, 9.17) is 18.4 Å². The van der Waals surface area contributed by atoms with Crippen molar-refractivity contribution in [2.45, 2.75) is 30.7 Å². The van der Waals surface area contributed by atoms with Crippen molar-refractivity contribution in [2.75, 3.05) is 6.79 Å². The van der Waals surface area contributed by atoms with E-state index >= 15 is 0 Å². The second-order valence-electron chi connectivity index (χ2n) is 5.10. The quantitative estimate of drug-likeness (QED) is 0.645. The summed E-state index contributed by atoms with van der Waals surface area (Å²) in [5.74, 6) is 3.03. The zero-order chi connectivity index (χ0) is 16.5. The molecule has 1 aromatic carbocycles. The van der Waals surface area contributed by atoms with E-state index in [9.17, 15) is 0 Å². The van der Waals surface area contributed by atoms with Gasteiger partial charge in [-0.1, -0.05) is 23.8 Å². The second-order valence-corrected chi connectivity index (χ2v) is 6.40. The molecule has 2 aromatic heterocycles. The molecule has 0 saturated heterocycles. The number of nitrogens with zero attached hydrogens (tertiary/aromatic N) is 4. The third kappa shape index (κ3) is 2.82. The van der Waals surface area contributed by atoms with Gasteiger partial charge in [-0.2, -0.15) is 4.98 Å². The summed E-state index contributed by atoms with van der Waals surface area (Å²) < 4.78 is 21.6. The van der Waals surface area contributed by atoms with E-state index in [0.29, 0.717) is 34.3 Å². The predicted octanol–water partition coefficient (Wildman–Crippen LogP) is 3.26. The molecule has 3 aromatic rings. The minimum Gasteiger partial charge on any atom is -0.454 e. The number of rotatable bonds is 5. The molecule has 4 rings (SSSR count). The van der Waals surface area contributed by atoms with Gasteiger partial charge in [-0.05, 0) is 25.1 Å². The van der Waals surface area contributed by atoms with Crippen molar-refractivity contribution in [1.29, 1.82) is 0 Å². The number of aromatic nitrogens is 4. The highest BCUT2D eigenvalue weighted by atomic mass is 32.2. The Labute approximate surface area is 141 Å². The molecule has 0 fully saturated rings. The van der Waals surface area contributed by atoms with Crippen LogP contribution in [0.1, 0.15) is 30.8 Å². The number of thioether (sulfide) groups is 1. The molecule has 9 heteroatoms. The first-order valence-electron chi connectivity index (χ1n) is 7.45. The van der Waals surface area contributed by atoms with Crippen LogP contribution in [0.3, 0.4) is 0 Å². The van der Waals surface area contributed by atoms with Gasteiger partial charge >= 0.3 is 0 Å². The second kappa shape index (κ2) is 6.16. The van der Waals surface area contributed by atoms with Gasteiger partial charge in [-0.25, -0.2) is 0 Å². The van der Waals surface area contributed by atoms with Crippen LogP contribution in [0.25, 0.3) is 11.5 Å². The van der Waals surface area contributed by atoms with Crippen LogP contribution >= 0.6 is 11.8 Å². The first-order valence-corrected chi connectivity index (χ1v) is 8.33. The highest BCUT2D eigenvalue weighted by Gasteiger charge is 2.20. The minimum absolute atomic E-state index is 0.0807. The van der Waals surface area contributed by atoms with Gasteiger partial charge < -0.3 is 18.4 Å². The smallest absolute Gasteiger partial charge is 0.277 e. The molecule has 0 bridgehead atoms. The molecule has 8 nitrogen and oxygen atoms in total. The molecule has 0 radical (unpaired) electrons. The summed E-state index contributed by atoms with van der Waals surface area (Å²) in [7, 11) is 0. The molecule has 1 atom stereocenters. The van der Waals surface area contributed by atoms with E-state index in [1.54, 1.807) is 0 Å². The van der Waals surface area contributed by atoms with Crippen LogP contribution in [0.15, 0.2) is 32.4 Å². The molecule has 1 aliphatic rings. The normalized spacial score (nSPS) is 14.1. The molecule has 1 aliphatic heterocycles. The van der Waals surface area contributed by atoms with Gasteiger partial charge in [0.15, 0.2) is 17.3 Å². The van der Waals surface area contributed by atoms with E-state index in [0.717, 1.165) is 12.0 Å². The van der Waals surface area contributed by atoms with Gasteiger partial charge in [0, 0.05) is 12.0 Å². The summed E-state index contributed by atoms with van der Waals surface area (Å²) in [6.07, 6.45) is 0.732. The fraction of sp³-hybridized carbons (Fsp3) is 0.333. The third-order valence-corrected chi connectivity index (χ3v) is 4.37. The van der Waals surface area contributed by atoms with Gasteiger partial charge in [-0.3, -0.25) is 0 Å². The summed E-state index contributed by atoms with van der Waals surface area (Å²) in [6.45, 7) is 4.15. The Kier molecular flexibility index (Phi) is 3.85. The number of aryl methyl sites for hydroxylation is 1. The van der Waals surface area contributed by atoms with Crippen LogP contribution < -0.4 is 9.47 Å². The van der Waals surface area contributed by atoms with Gasteiger partial charge in [-0.15, -0.1) is 10.2 Å².